The van der Waals surface area contributed by atoms with Gasteiger partial charge in [0.2, 0.25) is 0 Å². The Morgan fingerprint density at radius 2 is 1.75 bits per heavy atom. The Bertz CT molecular complexity index is 337. The van der Waals surface area contributed by atoms with Gasteiger partial charge in [-0.3, -0.25) is 0 Å². The maximum absolute atomic E-state index is 12.2. The second-order valence-electron chi connectivity index (χ2n) is 3.29. The number of alkyl halides is 3. The van der Waals surface area contributed by atoms with Gasteiger partial charge in [-0.25, -0.2) is 0 Å². The predicted molar refractivity (Wildman–Crippen MR) is 52.0 cm³/mol. The number of hydrogen-bond donors (Lipinski definition) is 2. The van der Waals surface area contributed by atoms with Gasteiger partial charge in [0.15, 0.2) is 6.10 Å². The minimum absolute atomic E-state index is 0.200. The maximum atomic E-state index is 12.2. The van der Waals surface area contributed by atoms with E-state index < -0.39 is 18.3 Å². The van der Waals surface area contributed by atoms with Gasteiger partial charge in [0.1, 0.15) is 5.75 Å². The van der Waals surface area contributed by atoms with Crippen molar-refractivity contribution in [2.45, 2.75) is 18.3 Å². The molecule has 0 bridgehead atoms. The summed E-state index contributed by atoms with van der Waals surface area (Å²) in [5.74, 6) is 0.512. The molecular formula is C10H12F3NO2. The quantitative estimate of drug-likeness (QED) is 0.837. The molecule has 0 radical (unpaired) electrons. The molecule has 0 aromatic heterocycles. The van der Waals surface area contributed by atoms with Crippen LogP contribution in [-0.4, -0.2) is 24.5 Å². The third kappa shape index (κ3) is 2.86. The van der Waals surface area contributed by atoms with Gasteiger partial charge in [0, 0.05) is 0 Å². The molecule has 0 heterocycles. The summed E-state index contributed by atoms with van der Waals surface area (Å²) in [5.41, 5.74) is 5.51. The lowest BCUT2D eigenvalue weighted by atomic mass is 10.0. The zero-order chi connectivity index (χ0) is 12.3. The van der Waals surface area contributed by atoms with E-state index in [1.165, 1.54) is 31.4 Å². The van der Waals surface area contributed by atoms with E-state index in [4.69, 9.17) is 15.6 Å². The second-order valence-corrected chi connectivity index (χ2v) is 3.29. The number of hydrogen-bond acceptors (Lipinski definition) is 3. The number of aliphatic hydroxyl groups is 1. The van der Waals surface area contributed by atoms with Gasteiger partial charge in [-0.05, 0) is 17.7 Å². The van der Waals surface area contributed by atoms with E-state index in [1.807, 2.05) is 0 Å². The first-order valence-electron chi connectivity index (χ1n) is 4.50. The van der Waals surface area contributed by atoms with Gasteiger partial charge in [0.25, 0.3) is 0 Å². The standard InChI is InChI=1S/C10H12F3NO2/c1-16-7-4-2-6(3-5-7)8(14)9(15)10(11,12)13/h2-5,8-9,15H,14H2,1H3/t8-,9-/m0/s1. The molecule has 2 atom stereocenters. The lowest BCUT2D eigenvalue weighted by molar-refractivity contribution is -0.210. The van der Waals surface area contributed by atoms with Crippen LogP contribution in [0.5, 0.6) is 5.75 Å². The Morgan fingerprint density at radius 3 is 2.12 bits per heavy atom. The van der Waals surface area contributed by atoms with Crippen LogP contribution in [0.1, 0.15) is 11.6 Å². The first kappa shape index (κ1) is 12.8. The first-order valence-corrected chi connectivity index (χ1v) is 4.50. The Labute approximate surface area is 90.6 Å². The third-order valence-corrected chi connectivity index (χ3v) is 2.18. The fourth-order valence-electron chi connectivity index (χ4n) is 1.21. The van der Waals surface area contributed by atoms with Crippen LogP contribution >= 0.6 is 0 Å². The average Bonchev–Trinajstić information content (AvgIpc) is 2.26. The predicted octanol–water partition coefficient (Wildman–Crippen LogP) is 1.62. The largest absolute Gasteiger partial charge is 0.497 e. The minimum atomic E-state index is -4.72. The SMILES string of the molecule is COc1ccc([C@H](N)[C@H](O)C(F)(F)F)cc1. The molecule has 0 saturated heterocycles. The summed E-state index contributed by atoms with van der Waals surface area (Å²) in [6.07, 6.45) is -7.29. The van der Waals surface area contributed by atoms with E-state index in [1.54, 1.807) is 0 Å². The fraction of sp³-hybridized carbons (Fsp3) is 0.400. The van der Waals surface area contributed by atoms with Gasteiger partial charge in [-0.1, -0.05) is 12.1 Å². The molecule has 0 aliphatic heterocycles. The normalized spacial score (nSPS) is 15.6. The number of aliphatic hydroxyl groups excluding tert-OH is 1. The van der Waals surface area contributed by atoms with Crippen LogP contribution in [0, 0.1) is 0 Å². The molecule has 3 nitrogen and oxygen atoms in total. The van der Waals surface area contributed by atoms with E-state index in [-0.39, 0.29) is 5.56 Å². The molecule has 3 N–H and O–H groups in total. The van der Waals surface area contributed by atoms with Crippen molar-refractivity contribution >= 4 is 0 Å². The Morgan fingerprint density at radius 1 is 1.25 bits per heavy atom. The Hall–Kier alpha value is -1.27. The van der Waals surface area contributed by atoms with Crippen molar-refractivity contribution in [3.63, 3.8) is 0 Å². The van der Waals surface area contributed by atoms with E-state index in [0.29, 0.717) is 5.75 Å². The van der Waals surface area contributed by atoms with Crippen LogP contribution < -0.4 is 10.5 Å². The van der Waals surface area contributed by atoms with E-state index in [0.717, 1.165) is 0 Å². The van der Waals surface area contributed by atoms with Crippen molar-refractivity contribution < 1.29 is 23.0 Å². The number of rotatable bonds is 3. The highest BCUT2D eigenvalue weighted by atomic mass is 19.4. The summed E-state index contributed by atoms with van der Waals surface area (Å²) < 4.78 is 41.4. The lowest BCUT2D eigenvalue weighted by Gasteiger charge is -2.21. The van der Waals surface area contributed by atoms with Gasteiger partial charge in [0.05, 0.1) is 13.2 Å². The molecule has 0 fully saturated rings. The minimum Gasteiger partial charge on any atom is -0.497 e. The third-order valence-electron chi connectivity index (χ3n) is 2.18. The van der Waals surface area contributed by atoms with Crippen molar-refractivity contribution in [3.8, 4) is 5.75 Å². The highest BCUT2D eigenvalue weighted by molar-refractivity contribution is 5.29. The molecule has 90 valence electrons. The number of methoxy groups -OCH3 is 1. The Balaban J connectivity index is 2.84. The van der Waals surface area contributed by atoms with E-state index >= 15 is 0 Å². The van der Waals surface area contributed by atoms with Gasteiger partial charge >= 0.3 is 6.18 Å². The zero-order valence-corrected chi connectivity index (χ0v) is 8.53. The fourth-order valence-corrected chi connectivity index (χ4v) is 1.21. The van der Waals surface area contributed by atoms with Crippen LogP contribution in [0.2, 0.25) is 0 Å². The molecular weight excluding hydrogens is 223 g/mol. The smallest absolute Gasteiger partial charge is 0.416 e. The molecule has 0 spiro atoms. The van der Waals surface area contributed by atoms with Crippen LogP contribution in [0.3, 0.4) is 0 Å². The number of benzene rings is 1. The van der Waals surface area contributed by atoms with E-state index in [2.05, 4.69) is 0 Å². The second kappa shape index (κ2) is 4.71. The van der Waals surface area contributed by atoms with Crippen molar-refractivity contribution in [2.24, 2.45) is 5.73 Å². The molecule has 0 aliphatic carbocycles. The van der Waals surface area contributed by atoms with Crippen LogP contribution in [0.25, 0.3) is 0 Å². The number of ether oxygens (including phenoxy) is 1. The molecule has 0 aliphatic rings. The highest BCUT2D eigenvalue weighted by Gasteiger charge is 2.42. The summed E-state index contributed by atoms with van der Waals surface area (Å²) in [6, 6.07) is 4.25. The monoisotopic (exact) mass is 235 g/mol. The van der Waals surface area contributed by atoms with Gasteiger partial charge in [-0.2, -0.15) is 13.2 Å². The van der Waals surface area contributed by atoms with Gasteiger partial charge < -0.3 is 15.6 Å². The lowest BCUT2D eigenvalue weighted by Crippen LogP contribution is -2.38. The molecule has 16 heavy (non-hydrogen) atoms. The summed E-state index contributed by atoms with van der Waals surface area (Å²) in [5, 5.41) is 8.95. The van der Waals surface area contributed by atoms with Gasteiger partial charge in [-0.15, -0.1) is 0 Å². The van der Waals surface area contributed by atoms with E-state index in [9.17, 15) is 13.2 Å². The molecule has 0 amide bonds. The highest BCUT2D eigenvalue weighted by Crippen LogP contribution is 2.29. The molecule has 1 aromatic rings. The molecule has 0 unspecified atom stereocenters. The summed E-state index contributed by atoms with van der Waals surface area (Å²) >= 11 is 0. The average molecular weight is 235 g/mol. The first-order chi connectivity index (χ1) is 7.36. The van der Waals surface area contributed by atoms with Crippen LogP contribution in [-0.2, 0) is 0 Å². The van der Waals surface area contributed by atoms with Crippen molar-refractivity contribution in [3.05, 3.63) is 29.8 Å². The maximum Gasteiger partial charge on any atom is 0.416 e. The van der Waals surface area contributed by atoms with Crippen LogP contribution in [0.15, 0.2) is 24.3 Å². The van der Waals surface area contributed by atoms with Crippen molar-refractivity contribution in [1.82, 2.24) is 0 Å². The summed E-state index contributed by atoms with van der Waals surface area (Å²) in [6.45, 7) is 0. The molecule has 1 rings (SSSR count). The molecule has 0 saturated carbocycles. The summed E-state index contributed by atoms with van der Waals surface area (Å²) in [4.78, 5) is 0. The molecule has 1 aromatic carbocycles. The van der Waals surface area contributed by atoms with Crippen molar-refractivity contribution in [2.75, 3.05) is 7.11 Å². The Kier molecular flexibility index (Phi) is 3.77. The number of halogens is 3. The van der Waals surface area contributed by atoms with Crippen molar-refractivity contribution in [1.29, 1.82) is 0 Å². The van der Waals surface area contributed by atoms with Crippen LogP contribution in [0.4, 0.5) is 13.2 Å². The number of nitrogens with two attached hydrogens (primary N) is 1. The topological polar surface area (TPSA) is 55.5 Å². The summed E-state index contributed by atoms with van der Waals surface area (Å²) in [7, 11) is 1.44. The molecule has 6 heteroatoms. The zero-order valence-electron chi connectivity index (χ0n) is 8.53.